The second-order valence-electron chi connectivity index (χ2n) is 7.40. The number of carbonyl (C=O) groups excluding carboxylic acids is 1. The molecule has 138 valence electrons. The summed E-state index contributed by atoms with van der Waals surface area (Å²) < 4.78 is 11.4. The summed E-state index contributed by atoms with van der Waals surface area (Å²) >= 11 is 0. The predicted octanol–water partition coefficient (Wildman–Crippen LogP) is 2.41. The third kappa shape index (κ3) is 5.44. The molecule has 0 radical (unpaired) electrons. The highest BCUT2D eigenvalue weighted by atomic mass is 16.5. The molecule has 1 aromatic rings. The van der Waals surface area contributed by atoms with E-state index in [9.17, 15) is 4.79 Å². The highest BCUT2D eigenvalue weighted by Gasteiger charge is 2.28. The van der Waals surface area contributed by atoms with Gasteiger partial charge in [0.05, 0.1) is 12.2 Å². The number of ether oxygens (including phenoxy) is 2. The molecule has 0 bridgehead atoms. The molecule has 0 spiro atoms. The van der Waals surface area contributed by atoms with E-state index >= 15 is 0 Å². The predicted molar refractivity (Wildman–Crippen MR) is 97.7 cm³/mol. The summed E-state index contributed by atoms with van der Waals surface area (Å²) in [4.78, 5) is 16.8. The van der Waals surface area contributed by atoms with Crippen molar-refractivity contribution in [1.29, 1.82) is 0 Å². The quantitative estimate of drug-likeness (QED) is 0.821. The molecule has 25 heavy (non-hydrogen) atoms. The lowest BCUT2D eigenvalue weighted by molar-refractivity contribution is -0.135. The fourth-order valence-electron chi connectivity index (χ4n) is 3.92. The lowest BCUT2D eigenvalue weighted by Crippen LogP contribution is -2.49. The zero-order chi connectivity index (χ0) is 17.6. The Bertz CT molecular complexity index is 533. The van der Waals surface area contributed by atoms with E-state index in [2.05, 4.69) is 18.7 Å². The third-order valence-corrected chi connectivity index (χ3v) is 5.08. The van der Waals surface area contributed by atoms with Crippen LogP contribution >= 0.6 is 0 Å². The summed E-state index contributed by atoms with van der Waals surface area (Å²) in [5, 5.41) is 0. The van der Waals surface area contributed by atoms with Crippen LogP contribution in [-0.4, -0.2) is 67.2 Å². The lowest BCUT2D eigenvalue weighted by atomic mass is 9.95. The van der Waals surface area contributed by atoms with Gasteiger partial charge in [0.15, 0.2) is 6.61 Å². The number of likely N-dealkylation sites (tertiary alicyclic amines) is 1. The first-order valence-electron chi connectivity index (χ1n) is 9.43. The van der Waals surface area contributed by atoms with Gasteiger partial charge in [0, 0.05) is 32.7 Å². The molecule has 0 aliphatic carbocycles. The molecule has 5 nitrogen and oxygen atoms in total. The van der Waals surface area contributed by atoms with Gasteiger partial charge >= 0.3 is 0 Å². The van der Waals surface area contributed by atoms with E-state index in [1.54, 1.807) is 0 Å². The topological polar surface area (TPSA) is 42.0 Å². The van der Waals surface area contributed by atoms with E-state index in [-0.39, 0.29) is 12.5 Å². The van der Waals surface area contributed by atoms with E-state index in [4.69, 9.17) is 9.47 Å². The van der Waals surface area contributed by atoms with Crippen LogP contribution in [0.1, 0.15) is 26.7 Å². The van der Waals surface area contributed by atoms with Crippen LogP contribution in [0.5, 0.6) is 5.75 Å². The minimum Gasteiger partial charge on any atom is -0.484 e. The Kier molecular flexibility index (Phi) is 6.32. The molecule has 0 N–H and O–H groups in total. The van der Waals surface area contributed by atoms with Gasteiger partial charge in [-0.05, 0) is 44.7 Å². The Balaban J connectivity index is 1.38. The van der Waals surface area contributed by atoms with Gasteiger partial charge in [-0.1, -0.05) is 18.2 Å². The van der Waals surface area contributed by atoms with Crippen LogP contribution in [0.2, 0.25) is 0 Å². The molecule has 2 aliphatic heterocycles. The minimum atomic E-state index is 0.0934. The number of amides is 1. The average molecular weight is 346 g/mol. The molecule has 1 amide bonds. The van der Waals surface area contributed by atoms with Crippen LogP contribution in [-0.2, 0) is 9.53 Å². The molecule has 5 heteroatoms. The number of hydrogen-bond donors (Lipinski definition) is 0. The number of morpholine rings is 1. The largest absolute Gasteiger partial charge is 0.484 e. The molecule has 2 aliphatic rings. The number of piperidine rings is 1. The average Bonchev–Trinajstić information content (AvgIpc) is 2.60. The maximum Gasteiger partial charge on any atom is 0.260 e. The van der Waals surface area contributed by atoms with Crippen LogP contribution in [0, 0.1) is 5.92 Å². The lowest BCUT2D eigenvalue weighted by Gasteiger charge is -2.39. The van der Waals surface area contributed by atoms with Crippen molar-refractivity contribution in [2.24, 2.45) is 5.92 Å². The Hall–Kier alpha value is -1.59. The number of benzene rings is 1. The van der Waals surface area contributed by atoms with Gasteiger partial charge in [-0.2, -0.15) is 0 Å². The second-order valence-corrected chi connectivity index (χ2v) is 7.40. The van der Waals surface area contributed by atoms with Gasteiger partial charge in [-0.25, -0.2) is 0 Å². The van der Waals surface area contributed by atoms with Crippen molar-refractivity contribution in [2.45, 2.75) is 38.9 Å². The number of rotatable bonds is 5. The summed E-state index contributed by atoms with van der Waals surface area (Å²) in [6, 6.07) is 9.53. The summed E-state index contributed by atoms with van der Waals surface area (Å²) in [7, 11) is 0. The van der Waals surface area contributed by atoms with E-state index < -0.39 is 0 Å². The van der Waals surface area contributed by atoms with Crippen LogP contribution < -0.4 is 4.74 Å². The molecule has 2 fully saturated rings. The molecular formula is C20H30N2O3. The van der Waals surface area contributed by atoms with Crippen molar-refractivity contribution in [3.63, 3.8) is 0 Å². The maximum absolute atomic E-state index is 12.3. The Labute approximate surface area is 150 Å². The van der Waals surface area contributed by atoms with E-state index in [0.717, 1.165) is 51.3 Å². The van der Waals surface area contributed by atoms with Crippen molar-refractivity contribution in [3.05, 3.63) is 30.3 Å². The Morgan fingerprint density at radius 2 is 1.76 bits per heavy atom. The van der Waals surface area contributed by atoms with Crippen molar-refractivity contribution in [2.75, 3.05) is 39.3 Å². The third-order valence-electron chi connectivity index (χ3n) is 5.08. The molecule has 2 saturated heterocycles. The summed E-state index contributed by atoms with van der Waals surface area (Å²) in [6.07, 6.45) is 2.80. The maximum atomic E-state index is 12.3. The summed E-state index contributed by atoms with van der Waals surface area (Å²) in [5.74, 6) is 1.52. The number of carbonyl (C=O) groups is 1. The number of nitrogens with zero attached hydrogens (tertiary/aromatic N) is 2. The fourth-order valence-corrected chi connectivity index (χ4v) is 3.92. The molecule has 0 aromatic heterocycles. The first-order valence-corrected chi connectivity index (χ1v) is 9.43. The minimum absolute atomic E-state index is 0.0934. The van der Waals surface area contributed by atoms with Crippen molar-refractivity contribution < 1.29 is 14.3 Å². The first kappa shape index (κ1) is 18.2. The Morgan fingerprint density at radius 1 is 1.12 bits per heavy atom. The van der Waals surface area contributed by atoms with Crippen molar-refractivity contribution in [1.82, 2.24) is 9.80 Å². The molecule has 2 heterocycles. The van der Waals surface area contributed by atoms with Crippen LogP contribution in [0.3, 0.4) is 0 Å². The molecule has 0 saturated carbocycles. The van der Waals surface area contributed by atoms with Gasteiger partial charge in [-0.15, -0.1) is 0 Å². The Morgan fingerprint density at radius 3 is 2.40 bits per heavy atom. The summed E-state index contributed by atoms with van der Waals surface area (Å²) in [5.41, 5.74) is 0. The highest BCUT2D eigenvalue weighted by molar-refractivity contribution is 5.77. The molecule has 0 unspecified atom stereocenters. The van der Waals surface area contributed by atoms with Gasteiger partial charge in [0.2, 0.25) is 0 Å². The van der Waals surface area contributed by atoms with Crippen LogP contribution in [0.15, 0.2) is 30.3 Å². The standard InChI is InChI=1S/C20H30N2O3/c1-16-12-21(13-17(2)25-16)14-18-8-10-22(11-9-18)20(23)15-24-19-6-4-3-5-7-19/h3-7,16-18H,8-15H2,1-2H3/t16-,17-/m1/s1. The van der Waals surface area contributed by atoms with Crippen molar-refractivity contribution in [3.8, 4) is 5.75 Å². The molecule has 1 aromatic carbocycles. The van der Waals surface area contributed by atoms with E-state index in [0.29, 0.717) is 18.1 Å². The van der Waals surface area contributed by atoms with E-state index in [1.165, 1.54) is 0 Å². The molecular weight excluding hydrogens is 316 g/mol. The first-order chi connectivity index (χ1) is 12.1. The fraction of sp³-hybridized carbons (Fsp3) is 0.650. The molecule has 3 rings (SSSR count). The number of hydrogen-bond acceptors (Lipinski definition) is 4. The normalized spacial score (nSPS) is 25.8. The van der Waals surface area contributed by atoms with Crippen molar-refractivity contribution >= 4 is 5.91 Å². The van der Waals surface area contributed by atoms with Crippen LogP contribution in [0.25, 0.3) is 0 Å². The zero-order valence-electron chi connectivity index (χ0n) is 15.4. The SMILES string of the molecule is C[C@@H]1CN(CC2CCN(C(=O)COc3ccccc3)CC2)C[C@@H](C)O1. The van der Waals surface area contributed by atoms with Crippen LogP contribution in [0.4, 0.5) is 0 Å². The van der Waals surface area contributed by atoms with Gasteiger partial charge in [0.25, 0.3) is 5.91 Å². The van der Waals surface area contributed by atoms with E-state index in [1.807, 2.05) is 35.2 Å². The zero-order valence-corrected chi connectivity index (χ0v) is 15.4. The smallest absolute Gasteiger partial charge is 0.260 e. The molecule has 2 atom stereocenters. The highest BCUT2D eigenvalue weighted by Crippen LogP contribution is 2.21. The number of para-hydroxylation sites is 1. The second kappa shape index (κ2) is 8.68. The van der Waals surface area contributed by atoms with Gasteiger partial charge in [0.1, 0.15) is 5.75 Å². The summed E-state index contributed by atoms with van der Waals surface area (Å²) in [6.45, 7) is 9.29. The van der Waals surface area contributed by atoms with Gasteiger partial charge < -0.3 is 14.4 Å². The van der Waals surface area contributed by atoms with Gasteiger partial charge in [-0.3, -0.25) is 9.69 Å². The monoisotopic (exact) mass is 346 g/mol.